The minimum Gasteiger partial charge on any atom is -0.311 e. The monoisotopic (exact) mass is 249 g/mol. The summed E-state index contributed by atoms with van der Waals surface area (Å²) in [6.07, 6.45) is 4.24. The van der Waals surface area contributed by atoms with E-state index in [0.717, 1.165) is 24.0 Å². The highest BCUT2D eigenvalue weighted by atomic mass is 32.1. The molecule has 0 amide bonds. The van der Waals surface area contributed by atoms with Gasteiger partial charge in [-0.2, -0.15) is 0 Å². The Hall–Kier alpha value is -0.870. The number of aromatic nitrogens is 2. The fourth-order valence-corrected chi connectivity index (χ4v) is 3.40. The van der Waals surface area contributed by atoms with E-state index in [1.54, 1.807) is 11.3 Å². The van der Waals surface area contributed by atoms with Gasteiger partial charge < -0.3 is 5.32 Å². The first-order chi connectivity index (χ1) is 8.25. The van der Waals surface area contributed by atoms with Gasteiger partial charge in [0.2, 0.25) is 0 Å². The highest BCUT2D eigenvalue weighted by Gasteiger charge is 2.17. The lowest BCUT2D eigenvalue weighted by Gasteiger charge is -2.25. The molecule has 0 radical (unpaired) electrons. The molecule has 17 heavy (non-hydrogen) atoms. The number of rotatable bonds is 4. The standard InChI is InChI=1S/C13H19N3S/c1-9-8-17-13-15-10(2)12(16(9)13)7-14-6-11-4-3-5-11/h8,11,14H,3-7H2,1-2H3. The van der Waals surface area contributed by atoms with E-state index in [4.69, 9.17) is 0 Å². The van der Waals surface area contributed by atoms with Gasteiger partial charge in [0.25, 0.3) is 0 Å². The predicted octanol–water partition coefficient (Wildman–Crippen LogP) is 2.90. The first kappa shape index (κ1) is 11.2. The van der Waals surface area contributed by atoms with Gasteiger partial charge in [0.05, 0.1) is 11.4 Å². The van der Waals surface area contributed by atoms with Crippen molar-refractivity contribution in [2.24, 2.45) is 5.92 Å². The molecule has 0 aliphatic heterocycles. The Morgan fingerprint density at radius 2 is 2.29 bits per heavy atom. The SMILES string of the molecule is Cc1nc2scc(C)n2c1CNCC1CCC1. The van der Waals surface area contributed by atoms with Crippen LogP contribution in [0.4, 0.5) is 0 Å². The number of aryl methyl sites for hydroxylation is 2. The van der Waals surface area contributed by atoms with Gasteiger partial charge in [-0.25, -0.2) is 4.98 Å². The predicted molar refractivity (Wildman–Crippen MR) is 71.6 cm³/mol. The molecule has 1 aliphatic rings. The molecule has 0 unspecified atom stereocenters. The second kappa shape index (κ2) is 4.42. The van der Waals surface area contributed by atoms with Gasteiger partial charge in [-0.3, -0.25) is 4.40 Å². The number of imidazole rings is 1. The molecule has 0 spiro atoms. The number of thiazole rings is 1. The molecule has 0 saturated heterocycles. The molecule has 1 aliphatic carbocycles. The summed E-state index contributed by atoms with van der Waals surface area (Å²) in [5.41, 5.74) is 3.80. The van der Waals surface area contributed by atoms with Crippen molar-refractivity contribution in [2.75, 3.05) is 6.54 Å². The molecule has 2 aromatic heterocycles. The number of nitrogens with one attached hydrogen (secondary N) is 1. The Balaban J connectivity index is 1.73. The van der Waals surface area contributed by atoms with Crippen molar-refractivity contribution in [1.29, 1.82) is 0 Å². The van der Waals surface area contributed by atoms with Crippen molar-refractivity contribution in [3.05, 3.63) is 22.5 Å². The van der Waals surface area contributed by atoms with E-state index >= 15 is 0 Å². The zero-order valence-corrected chi connectivity index (χ0v) is 11.3. The summed E-state index contributed by atoms with van der Waals surface area (Å²) in [6.45, 7) is 6.37. The van der Waals surface area contributed by atoms with Crippen LogP contribution in [0.25, 0.3) is 4.96 Å². The van der Waals surface area contributed by atoms with Crippen LogP contribution in [0.2, 0.25) is 0 Å². The van der Waals surface area contributed by atoms with Crippen molar-refractivity contribution in [2.45, 2.75) is 39.7 Å². The van der Waals surface area contributed by atoms with Crippen LogP contribution in [-0.2, 0) is 6.54 Å². The van der Waals surface area contributed by atoms with Crippen LogP contribution in [-0.4, -0.2) is 15.9 Å². The fraction of sp³-hybridized carbons (Fsp3) is 0.615. The third-order valence-corrected chi connectivity index (χ3v) is 4.72. The Bertz CT molecular complexity index is 522. The van der Waals surface area contributed by atoms with Gasteiger partial charge >= 0.3 is 0 Å². The zero-order valence-electron chi connectivity index (χ0n) is 10.5. The Morgan fingerprint density at radius 1 is 1.47 bits per heavy atom. The largest absolute Gasteiger partial charge is 0.311 e. The fourth-order valence-electron chi connectivity index (χ4n) is 2.47. The number of hydrogen-bond donors (Lipinski definition) is 1. The van der Waals surface area contributed by atoms with Gasteiger partial charge in [0, 0.05) is 17.6 Å². The van der Waals surface area contributed by atoms with Crippen LogP contribution in [0.5, 0.6) is 0 Å². The molecule has 0 atom stereocenters. The Labute approximate surface area is 106 Å². The second-order valence-electron chi connectivity index (χ2n) is 5.07. The van der Waals surface area contributed by atoms with Gasteiger partial charge in [-0.15, -0.1) is 11.3 Å². The summed E-state index contributed by atoms with van der Waals surface area (Å²) >= 11 is 1.73. The Kier molecular flexibility index (Phi) is 2.92. The van der Waals surface area contributed by atoms with Crippen LogP contribution < -0.4 is 5.32 Å². The van der Waals surface area contributed by atoms with Gasteiger partial charge in [0.1, 0.15) is 0 Å². The molecule has 0 bridgehead atoms. The average molecular weight is 249 g/mol. The topological polar surface area (TPSA) is 29.3 Å². The highest BCUT2D eigenvalue weighted by molar-refractivity contribution is 7.15. The van der Waals surface area contributed by atoms with Crippen molar-refractivity contribution in [3.63, 3.8) is 0 Å². The van der Waals surface area contributed by atoms with Crippen molar-refractivity contribution >= 4 is 16.3 Å². The lowest BCUT2D eigenvalue weighted by molar-refractivity contribution is 0.300. The third kappa shape index (κ3) is 2.00. The van der Waals surface area contributed by atoms with Crippen LogP contribution in [0.15, 0.2) is 5.38 Å². The maximum absolute atomic E-state index is 4.61. The molecule has 3 nitrogen and oxygen atoms in total. The molecule has 0 aromatic carbocycles. The molecule has 1 N–H and O–H groups in total. The quantitative estimate of drug-likeness (QED) is 0.903. The number of hydrogen-bond acceptors (Lipinski definition) is 3. The summed E-state index contributed by atoms with van der Waals surface area (Å²) in [6, 6.07) is 0. The van der Waals surface area contributed by atoms with E-state index in [1.807, 2.05) is 0 Å². The van der Waals surface area contributed by atoms with Gasteiger partial charge in [0.15, 0.2) is 4.96 Å². The summed E-state index contributed by atoms with van der Waals surface area (Å²) in [7, 11) is 0. The number of fused-ring (bicyclic) bond motifs is 1. The van der Waals surface area contributed by atoms with E-state index in [-0.39, 0.29) is 0 Å². The van der Waals surface area contributed by atoms with E-state index < -0.39 is 0 Å². The summed E-state index contributed by atoms with van der Waals surface area (Å²) in [5, 5.41) is 5.76. The molecular weight excluding hydrogens is 230 g/mol. The smallest absolute Gasteiger partial charge is 0.194 e. The molecule has 4 heteroatoms. The molecule has 2 aromatic rings. The van der Waals surface area contributed by atoms with Gasteiger partial charge in [-0.1, -0.05) is 6.42 Å². The molecule has 1 fully saturated rings. The van der Waals surface area contributed by atoms with Crippen molar-refractivity contribution in [1.82, 2.24) is 14.7 Å². The maximum atomic E-state index is 4.61. The van der Waals surface area contributed by atoms with E-state index in [9.17, 15) is 0 Å². The molecule has 1 saturated carbocycles. The first-order valence-corrected chi connectivity index (χ1v) is 7.26. The molecular formula is C13H19N3S. The van der Waals surface area contributed by atoms with Crippen LogP contribution >= 0.6 is 11.3 Å². The van der Waals surface area contributed by atoms with Crippen molar-refractivity contribution in [3.8, 4) is 0 Å². The molecule has 2 heterocycles. The molecule has 92 valence electrons. The highest BCUT2D eigenvalue weighted by Crippen LogP contribution is 2.25. The van der Waals surface area contributed by atoms with Crippen LogP contribution in [0.1, 0.15) is 36.3 Å². The van der Waals surface area contributed by atoms with Gasteiger partial charge in [-0.05, 0) is 39.2 Å². The third-order valence-electron chi connectivity index (χ3n) is 3.78. The summed E-state index contributed by atoms with van der Waals surface area (Å²) < 4.78 is 2.29. The first-order valence-electron chi connectivity index (χ1n) is 6.38. The number of nitrogens with zero attached hydrogens (tertiary/aromatic N) is 2. The normalized spacial score (nSPS) is 16.6. The molecule has 3 rings (SSSR count). The minimum absolute atomic E-state index is 0.919. The lowest BCUT2D eigenvalue weighted by Crippen LogP contribution is -2.27. The maximum Gasteiger partial charge on any atom is 0.194 e. The van der Waals surface area contributed by atoms with E-state index in [1.165, 1.54) is 36.3 Å². The Morgan fingerprint density at radius 3 is 3.00 bits per heavy atom. The van der Waals surface area contributed by atoms with Crippen molar-refractivity contribution < 1.29 is 0 Å². The summed E-state index contributed by atoms with van der Waals surface area (Å²) in [5.74, 6) is 0.919. The zero-order chi connectivity index (χ0) is 11.8. The summed E-state index contributed by atoms with van der Waals surface area (Å²) in [4.78, 5) is 5.73. The minimum atomic E-state index is 0.919. The lowest BCUT2D eigenvalue weighted by atomic mass is 9.85. The van der Waals surface area contributed by atoms with Crippen LogP contribution in [0, 0.1) is 19.8 Å². The van der Waals surface area contributed by atoms with E-state index in [0.29, 0.717) is 0 Å². The van der Waals surface area contributed by atoms with Crippen LogP contribution in [0.3, 0.4) is 0 Å². The second-order valence-corrected chi connectivity index (χ2v) is 5.90. The van der Waals surface area contributed by atoms with E-state index in [2.05, 4.69) is 33.9 Å². The average Bonchev–Trinajstić information content (AvgIpc) is 2.72.